The van der Waals surface area contributed by atoms with E-state index in [0.717, 1.165) is 24.0 Å². The van der Waals surface area contributed by atoms with Gasteiger partial charge in [-0.05, 0) is 44.0 Å². The van der Waals surface area contributed by atoms with Gasteiger partial charge in [-0.25, -0.2) is 8.42 Å². The van der Waals surface area contributed by atoms with Gasteiger partial charge in [-0.1, -0.05) is 41.9 Å². The fourth-order valence-corrected chi connectivity index (χ4v) is 4.49. The van der Waals surface area contributed by atoms with E-state index in [1.54, 1.807) is 6.92 Å². The van der Waals surface area contributed by atoms with E-state index in [1.807, 2.05) is 30.3 Å². The van der Waals surface area contributed by atoms with Gasteiger partial charge in [-0.3, -0.25) is 13.9 Å². The molecule has 2 aromatic rings. The zero-order chi connectivity index (χ0) is 26.4. The lowest BCUT2D eigenvalue weighted by Crippen LogP contribution is -2.52. The van der Waals surface area contributed by atoms with Gasteiger partial charge >= 0.3 is 6.18 Å². The molecule has 0 spiro atoms. The van der Waals surface area contributed by atoms with Crippen molar-refractivity contribution in [3.8, 4) is 0 Å². The first-order chi connectivity index (χ1) is 16.3. The van der Waals surface area contributed by atoms with E-state index in [-0.39, 0.29) is 11.6 Å². The van der Waals surface area contributed by atoms with Crippen LogP contribution < -0.4 is 9.62 Å². The number of hydrogen-bond donors (Lipinski definition) is 1. The number of anilines is 1. The molecule has 0 aliphatic rings. The van der Waals surface area contributed by atoms with Crippen molar-refractivity contribution in [2.75, 3.05) is 30.2 Å². The number of carbonyl (C=O) groups is 2. The highest BCUT2D eigenvalue weighted by atomic mass is 35.5. The Kier molecular flexibility index (Phi) is 9.56. The number of halogens is 4. The van der Waals surface area contributed by atoms with E-state index in [0.29, 0.717) is 23.3 Å². The quantitative estimate of drug-likeness (QED) is 0.504. The number of carbonyl (C=O) groups excluding carboxylic acids is 2. The molecule has 0 saturated carbocycles. The van der Waals surface area contributed by atoms with E-state index in [4.69, 9.17) is 11.6 Å². The molecule has 192 valence electrons. The van der Waals surface area contributed by atoms with Gasteiger partial charge in [-0.15, -0.1) is 0 Å². The average Bonchev–Trinajstić information content (AvgIpc) is 2.77. The molecule has 0 aromatic heterocycles. The fourth-order valence-electron chi connectivity index (χ4n) is 3.37. The third kappa shape index (κ3) is 7.86. The Balaban J connectivity index is 2.42. The van der Waals surface area contributed by atoms with Gasteiger partial charge in [0.25, 0.3) is 0 Å². The van der Waals surface area contributed by atoms with Crippen molar-refractivity contribution in [3.63, 3.8) is 0 Å². The number of likely N-dealkylation sites (N-methyl/N-ethyl adjacent to an activating group) is 1. The summed E-state index contributed by atoms with van der Waals surface area (Å²) in [6.07, 6.45) is -3.61. The van der Waals surface area contributed by atoms with E-state index >= 15 is 0 Å². The van der Waals surface area contributed by atoms with Gasteiger partial charge in [0.05, 0.1) is 22.5 Å². The number of benzene rings is 2. The standard InChI is InChI=1S/C23H27ClF3N3O4S/c1-4-28-22(32)16(2)29(13-12-17-8-6-5-7-9-17)21(31)15-30(35(3,33)34)20-14-18(23(25,26)27)10-11-19(20)24/h5-11,14,16H,4,12-13,15H2,1-3H3,(H,28,32)/t16-/m0/s1. The Hall–Kier alpha value is -2.79. The van der Waals surface area contributed by atoms with Crippen LogP contribution in [0.4, 0.5) is 18.9 Å². The predicted octanol–water partition coefficient (Wildman–Crippen LogP) is 3.72. The van der Waals surface area contributed by atoms with Crippen LogP contribution >= 0.6 is 11.6 Å². The van der Waals surface area contributed by atoms with Gasteiger partial charge < -0.3 is 10.2 Å². The highest BCUT2D eigenvalue weighted by molar-refractivity contribution is 7.92. The number of hydrogen-bond acceptors (Lipinski definition) is 4. The molecular formula is C23H27ClF3N3O4S. The van der Waals surface area contributed by atoms with E-state index in [2.05, 4.69) is 5.32 Å². The van der Waals surface area contributed by atoms with Gasteiger partial charge in [0, 0.05) is 13.1 Å². The Morgan fingerprint density at radius 1 is 1.11 bits per heavy atom. The van der Waals surface area contributed by atoms with Gasteiger partial charge in [0.2, 0.25) is 21.8 Å². The monoisotopic (exact) mass is 533 g/mol. The molecule has 0 heterocycles. The second-order valence-corrected chi connectivity index (χ2v) is 10.1. The maximum absolute atomic E-state index is 13.3. The minimum atomic E-state index is -4.75. The number of nitrogens with zero attached hydrogens (tertiary/aromatic N) is 2. The van der Waals surface area contributed by atoms with E-state index in [9.17, 15) is 31.2 Å². The predicted molar refractivity (Wildman–Crippen MR) is 129 cm³/mol. The smallest absolute Gasteiger partial charge is 0.355 e. The summed E-state index contributed by atoms with van der Waals surface area (Å²) in [6.45, 7) is 2.77. The van der Waals surface area contributed by atoms with Gasteiger partial charge in [-0.2, -0.15) is 13.2 Å². The SMILES string of the molecule is CCNC(=O)[C@H](C)N(CCc1ccccc1)C(=O)CN(c1cc(C(F)(F)F)ccc1Cl)S(C)(=O)=O. The van der Waals surface area contributed by atoms with Crippen LogP contribution in [0.2, 0.25) is 5.02 Å². The van der Waals surface area contributed by atoms with Crippen LogP contribution in [0.25, 0.3) is 0 Å². The first kappa shape index (κ1) is 28.4. The molecule has 0 aliphatic heterocycles. The normalized spacial score (nSPS) is 12.7. The summed E-state index contributed by atoms with van der Waals surface area (Å²) in [5.41, 5.74) is -0.713. The van der Waals surface area contributed by atoms with Crippen molar-refractivity contribution in [2.45, 2.75) is 32.5 Å². The number of nitrogens with one attached hydrogen (secondary N) is 1. The second-order valence-electron chi connectivity index (χ2n) is 7.83. The third-order valence-corrected chi connectivity index (χ3v) is 6.67. The average molecular weight is 534 g/mol. The highest BCUT2D eigenvalue weighted by Crippen LogP contribution is 2.36. The summed E-state index contributed by atoms with van der Waals surface area (Å²) < 4.78 is 65.3. The summed E-state index contributed by atoms with van der Waals surface area (Å²) >= 11 is 6.04. The molecule has 1 N–H and O–H groups in total. The van der Waals surface area contributed by atoms with Crippen molar-refractivity contribution in [3.05, 3.63) is 64.7 Å². The Morgan fingerprint density at radius 2 is 1.74 bits per heavy atom. The number of rotatable bonds is 10. The van der Waals surface area contributed by atoms with Crippen LogP contribution in [0.3, 0.4) is 0 Å². The van der Waals surface area contributed by atoms with E-state index < -0.39 is 51.9 Å². The lowest BCUT2D eigenvalue weighted by atomic mass is 10.1. The number of amides is 2. The largest absolute Gasteiger partial charge is 0.416 e. The first-order valence-electron chi connectivity index (χ1n) is 10.7. The van der Waals surface area contributed by atoms with Crippen LogP contribution in [0.1, 0.15) is 25.0 Å². The van der Waals surface area contributed by atoms with Crippen molar-refractivity contribution in [2.24, 2.45) is 0 Å². The number of alkyl halides is 3. The molecule has 35 heavy (non-hydrogen) atoms. The molecule has 0 radical (unpaired) electrons. The van der Waals surface area contributed by atoms with Crippen molar-refractivity contribution in [1.82, 2.24) is 10.2 Å². The van der Waals surface area contributed by atoms with Crippen LogP contribution in [-0.4, -0.2) is 57.1 Å². The molecule has 7 nitrogen and oxygen atoms in total. The lowest BCUT2D eigenvalue weighted by Gasteiger charge is -2.31. The summed E-state index contributed by atoms with van der Waals surface area (Å²) in [5.74, 6) is -1.21. The van der Waals surface area contributed by atoms with Crippen LogP contribution in [0.5, 0.6) is 0 Å². The molecule has 2 rings (SSSR count). The maximum atomic E-state index is 13.3. The highest BCUT2D eigenvalue weighted by Gasteiger charge is 2.34. The van der Waals surface area contributed by atoms with Crippen LogP contribution in [0.15, 0.2) is 48.5 Å². The van der Waals surface area contributed by atoms with E-state index in [1.165, 1.54) is 11.8 Å². The van der Waals surface area contributed by atoms with Gasteiger partial charge in [0.1, 0.15) is 12.6 Å². The van der Waals surface area contributed by atoms with Crippen LogP contribution in [0, 0.1) is 0 Å². The molecule has 0 bridgehead atoms. The number of sulfonamides is 1. The molecule has 0 fully saturated rings. The molecule has 0 aliphatic carbocycles. The molecular weight excluding hydrogens is 507 g/mol. The second kappa shape index (κ2) is 11.8. The molecule has 1 atom stereocenters. The zero-order valence-corrected chi connectivity index (χ0v) is 21.0. The first-order valence-corrected chi connectivity index (χ1v) is 12.9. The Bertz CT molecular complexity index is 1140. The summed E-state index contributed by atoms with van der Waals surface area (Å²) in [4.78, 5) is 27.0. The molecule has 0 unspecified atom stereocenters. The zero-order valence-electron chi connectivity index (χ0n) is 19.5. The Morgan fingerprint density at radius 3 is 2.29 bits per heavy atom. The minimum Gasteiger partial charge on any atom is -0.355 e. The maximum Gasteiger partial charge on any atom is 0.416 e. The van der Waals surface area contributed by atoms with Crippen molar-refractivity contribution >= 4 is 39.1 Å². The molecule has 2 amide bonds. The summed E-state index contributed by atoms with van der Waals surface area (Å²) in [7, 11) is -4.22. The van der Waals surface area contributed by atoms with Crippen molar-refractivity contribution in [1.29, 1.82) is 0 Å². The molecule has 12 heteroatoms. The topological polar surface area (TPSA) is 86.8 Å². The van der Waals surface area contributed by atoms with Crippen molar-refractivity contribution < 1.29 is 31.2 Å². The van der Waals surface area contributed by atoms with Gasteiger partial charge in [0.15, 0.2) is 0 Å². The summed E-state index contributed by atoms with van der Waals surface area (Å²) in [5, 5.41) is 2.34. The fraction of sp³-hybridized carbons (Fsp3) is 0.391. The summed E-state index contributed by atoms with van der Waals surface area (Å²) in [6, 6.07) is 10.4. The lowest BCUT2D eigenvalue weighted by molar-refractivity contribution is -0.138. The third-order valence-electron chi connectivity index (χ3n) is 5.22. The van der Waals surface area contributed by atoms with Crippen LogP contribution in [-0.2, 0) is 32.2 Å². The minimum absolute atomic E-state index is 0.0784. The Labute approximate surface area is 207 Å². The molecule has 2 aromatic carbocycles. The molecule has 0 saturated heterocycles.